The summed E-state index contributed by atoms with van der Waals surface area (Å²) in [5.41, 5.74) is 0.406. The molecule has 2 amide bonds. The summed E-state index contributed by atoms with van der Waals surface area (Å²) < 4.78 is 15.5. The van der Waals surface area contributed by atoms with Crippen LogP contribution < -0.4 is 15.4 Å². The quantitative estimate of drug-likeness (QED) is 0.755. The largest absolute Gasteiger partial charge is 0.495 e. The second-order valence-electron chi connectivity index (χ2n) is 4.31. The van der Waals surface area contributed by atoms with E-state index >= 15 is 0 Å². The molecule has 0 spiro atoms. The monoisotopic (exact) mass is 334 g/mol. The summed E-state index contributed by atoms with van der Waals surface area (Å²) in [5.74, 6) is 1.03. The van der Waals surface area contributed by atoms with Crippen LogP contribution in [0.2, 0.25) is 5.02 Å². The van der Waals surface area contributed by atoms with Gasteiger partial charge in [-0.1, -0.05) is 16.7 Å². The standard InChI is InChI=1S/C14H11ClN4O4/c1-21-10-5-4-8(15)7-9(10)16-13(20)17-14-19-18-12(23-14)11-3-2-6-22-11/h2-7H,1H3,(H2,16,17,19,20). The van der Waals surface area contributed by atoms with Gasteiger partial charge in [0.15, 0.2) is 5.76 Å². The molecule has 0 fully saturated rings. The van der Waals surface area contributed by atoms with Crippen LogP contribution in [0.4, 0.5) is 16.5 Å². The summed E-state index contributed by atoms with van der Waals surface area (Å²) in [5, 5.41) is 12.9. The maximum atomic E-state index is 12.0. The number of methoxy groups -OCH3 is 1. The molecule has 118 valence electrons. The third-order valence-corrected chi connectivity index (χ3v) is 3.02. The molecule has 0 unspecified atom stereocenters. The second kappa shape index (κ2) is 6.41. The third-order valence-electron chi connectivity index (χ3n) is 2.79. The first-order valence-corrected chi connectivity index (χ1v) is 6.82. The molecular formula is C14H11ClN4O4. The summed E-state index contributed by atoms with van der Waals surface area (Å²) in [7, 11) is 1.49. The molecule has 2 heterocycles. The smallest absolute Gasteiger partial charge is 0.327 e. The van der Waals surface area contributed by atoms with Crippen molar-refractivity contribution in [1.82, 2.24) is 10.2 Å². The van der Waals surface area contributed by atoms with Crippen LogP contribution in [0.5, 0.6) is 5.75 Å². The number of amides is 2. The number of aromatic nitrogens is 2. The molecule has 3 aromatic rings. The van der Waals surface area contributed by atoms with E-state index in [-0.39, 0.29) is 11.9 Å². The minimum absolute atomic E-state index is 0.0742. The van der Waals surface area contributed by atoms with Crippen molar-refractivity contribution in [2.75, 3.05) is 17.7 Å². The Hall–Kier alpha value is -3.00. The SMILES string of the molecule is COc1ccc(Cl)cc1NC(=O)Nc1nnc(-c2ccco2)o1. The van der Waals surface area contributed by atoms with Crippen molar-refractivity contribution in [3.8, 4) is 17.4 Å². The Balaban J connectivity index is 1.69. The van der Waals surface area contributed by atoms with Crippen molar-refractivity contribution >= 4 is 29.3 Å². The van der Waals surface area contributed by atoms with Crippen molar-refractivity contribution in [2.24, 2.45) is 0 Å². The molecular weight excluding hydrogens is 324 g/mol. The summed E-state index contributed by atoms with van der Waals surface area (Å²) in [6.07, 6.45) is 1.48. The molecule has 0 saturated heterocycles. The molecule has 2 N–H and O–H groups in total. The lowest BCUT2D eigenvalue weighted by Gasteiger charge is -2.10. The highest BCUT2D eigenvalue weighted by molar-refractivity contribution is 6.31. The minimum atomic E-state index is -0.583. The van der Waals surface area contributed by atoms with Crippen LogP contribution >= 0.6 is 11.6 Å². The number of benzene rings is 1. The van der Waals surface area contributed by atoms with E-state index in [9.17, 15) is 4.79 Å². The Bertz CT molecular complexity index is 816. The first-order chi connectivity index (χ1) is 11.2. The molecule has 9 heteroatoms. The van der Waals surface area contributed by atoms with Gasteiger partial charge in [0.25, 0.3) is 5.89 Å². The van der Waals surface area contributed by atoms with Gasteiger partial charge in [-0.15, -0.1) is 5.10 Å². The predicted molar refractivity (Wildman–Crippen MR) is 82.6 cm³/mol. The molecule has 0 bridgehead atoms. The maximum Gasteiger partial charge on any atom is 0.327 e. The molecule has 0 aliphatic rings. The van der Waals surface area contributed by atoms with Gasteiger partial charge in [0, 0.05) is 5.02 Å². The van der Waals surface area contributed by atoms with Crippen LogP contribution in [0.15, 0.2) is 45.4 Å². The highest BCUT2D eigenvalue weighted by atomic mass is 35.5. The minimum Gasteiger partial charge on any atom is -0.495 e. The number of urea groups is 1. The fourth-order valence-electron chi connectivity index (χ4n) is 1.80. The van der Waals surface area contributed by atoms with Gasteiger partial charge >= 0.3 is 12.0 Å². The van der Waals surface area contributed by atoms with Crippen LogP contribution in [0.3, 0.4) is 0 Å². The molecule has 0 aliphatic carbocycles. The maximum absolute atomic E-state index is 12.0. The Morgan fingerprint density at radius 1 is 1.26 bits per heavy atom. The molecule has 23 heavy (non-hydrogen) atoms. The number of rotatable bonds is 4. The van der Waals surface area contributed by atoms with Crippen LogP contribution in [-0.4, -0.2) is 23.3 Å². The van der Waals surface area contributed by atoms with Crippen LogP contribution in [0.25, 0.3) is 11.7 Å². The Morgan fingerprint density at radius 3 is 2.87 bits per heavy atom. The van der Waals surface area contributed by atoms with E-state index in [0.29, 0.717) is 22.2 Å². The van der Waals surface area contributed by atoms with Gasteiger partial charge in [0.2, 0.25) is 0 Å². The molecule has 8 nitrogen and oxygen atoms in total. The number of halogens is 1. The first-order valence-electron chi connectivity index (χ1n) is 6.44. The molecule has 0 radical (unpaired) electrons. The fraction of sp³-hybridized carbons (Fsp3) is 0.0714. The number of anilines is 2. The number of ether oxygens (including phenoxy) is 1. The molecule has 3 rings (SSSR count). The van der Waals surface area contributed by atoms with Crippen LogP contribution in [-0.2, 0) is 0 Å². The number of furan rings is 1. The molecule has 1 aromatic carbocycles. The highest BCUT2D eigenvalue weighted by Crippen LogP contribution is 2.28. The number of carbonyl (C=O) groups excluding carboxylic acids is 1. The van der Waals surface area contributed by atoms with Gasteiger partial charge in [-0.05, 0) is 30.3 Å². The van der Waals surface area contributed by atoms with E-state index in [4.69, 9.17) is 25.2 Å². The Kier molecular flexibility index (Phi) is 4.15. The number of carbonyl (C=O) groups is 1. The van der Waals surface area contributed by atoms with E-state index in [1.165, 1.54) is 13.4 Å². The first kappa shape index (κ1) is 14.9. The van der Waals surface area contributed by atoms with Gasteiger partial charge in [0.05, 0.1) is 19.1 Å². The molecule has 0 saturated carbocycles. The Morgan fingerprint density at radius 2 is 2.13 bits per heavy atom. The molecule has 0 atom stereocenters. The topological polar surface area (TPSA) is 102 Å². The lowest BCUT2D eigenvalue weighted by Crippen LogP contribution is -2.20. The zero-order valence-electron chi connectivity index (χ0n) is 11.9. The number of hydrogen-bond donors (Lipinski definition) is 2. The third kappa shape index (κ3) is 3.43. The zero-order chi connectivity index (χ0) is 16.2. The fourth-order valence-corrected chi connectivity index (χ4v) is 1.97. The zero-order valence-corrected chi connectivity index (χ0v) is 12.6. The number of nitrogens with zero attached hydrogens (tertiary/aromatic N) is 2. The summed E-state index contributed by atoms with van der Waals surface area (Å²) in [6.45, 7) is 0. The molecule has 2 aromatic heterocycles. The van der Waals surface area contributed by atoms with Crippen LogP contribution in [0.1, 0.15) is 0 Å². The van der Waals surface area contributed by atoms with E-state index < -0.39 is 6.03 Å². The molecule has 0 aliphatic heterocycles. The number of nitrogens with one attached hydrogen (secondary N) is 2. The predicted octanol–water partition coefficient (Wildman–Crippen LogP) is 3.64. The van der Waals surface area contributed by atoms with Gasteiger partial charge in [0.1, 0.15) is 5.75 Å². The second-order valence-corrected chi connectivity index (χ2v) is 4.75. The summed E-state index contributed by atoms with van der Waals surface area (Å²) in [4.78, 5) is 12.0. The average Bonchev–Trinajstić information content (AvgIpc) is 3.18. The lowest BCUT2D eigenvalue weighted by atomic mass is 10.3. The van der Waals surface area contributed by atoms with Gasteiger partial charge in [-0.3, -0.25) is 5.32 Å². The average molecular weight is 335 g/mol. The Labute approximate surface area is 135 Å². The normalized spacial score (nSPS) is 10.3. The van der Waals surface area contributed by atoms with Gasteiger partial charge < -0.3 is 18.9 Å². The van der Waals surface area contributed by atoms with Gasteiger partial charge in [-0.2, -0.15) is 0 Å². The lowest BCUT2D eigenvalue weighted by molar-refractivity contribution is 0.261. The van der Waals surface area contributed by atoms with Gasteiger partial charge in [-0.25, -0.2) is 4.79 Å². The van der Waals surface area contributed by atoms with Crippen molar-refractivity contribution < 1.29 is 18.4 Å². The van der Waals surface area contributed by atoms with E-state index in [1.807, 2.05) is 0 Å². The number of hydrogen-bond acceptors (Lipinski definition) is 6. The van der Waals surface area contributed by atoms with E-state index in [1.54, 1.807) is 30.3 Å². The van der Waals surface area contributed by atoms with Crippen molar-refractivity contribution in [3.05, 3.63) is 41.6 Å². The van der Waals surface area contributed by atoms with Crippen LogP contribution in [0, 0.1) is 0 Å². The van der Waals surface area contributed by atoms with E-state index in [2.05, 4.69) is 20.8 Å². The summed E-state index contributed by atoms with van der Waals surface area (Å²) in [6, 6.07) is 7.53. The van der Waals surface area contributed by atoms with Crippen molar-refractivity contribution in [2.45, 2.75) is 0 Å². The van der Waals surface area contributed by atoms with E-state index in [0.717, 1.165) is 0 Å². The summed E-state index contributed by atoms with van der Waals surface area (Å²) >= 11 is 5.90. The highest BCUT2D eigenvalue weighted by Gasteiger charge is 2.14. The van der Waals surface area contributed by atoms with Crippen molar-refractivity contribution in [3.63, 3.8) is 0 Å². The van der Waals surface area contributed by atoms with Crippen molar-refractivity contribution in [1.29, 1.82) is 0 Å².